The fourth-order valence-electron chi connectivity index (χ4n) is 5.08. The molecular formula is C39H33N5O5S. The van der Waals surface area contributed by atoms with E-state index in [-0.39, 0.29) is 17.0 Å². The molecule has 6 aromatic rings. The Balaban J connectivity index is 1.41. The number of methoxy groups -OCH3 is 3. The first-order valence-electron chi connectivity index (χ1n) is 15.5. The number of aromatic nitrogens is 2. The van der Waals surface area contributed by atoms with Crippen molar-refractivity contribution < 1.29 is 23.8 Å². The highest BCUT2D eigenvalue weighted by Crippen LogP contribution is 2.34. The Bertz CT molecular complexity index is 2120. The minimum Gasteiger partial charge on any atom is -0.497 e. The number of hydrogen-bond acceptors (Lipinski definition) is 9. The lowest BCUT2D eigenvalue weighted by atomic mass is 10.0. The van der Waals surface area contributed by atoms with E-state index in [0.29, 0.717) is 38.4 Å². The number of ether oxygens (including phenoxy) is 3. The third kappa shape index (κ3) is 7.53. The first-order chi connectivity index (χ1) is 24.5. The van der Waals surface area contributed by atoms with E-state index in [1.807, 2.05) is 103 Å². The number of carbonyl (C=O) groups excluding carboxylic acids is 2. The third-order valence-corrected chi connectivity index (χ3v) is 8.69. The molecule has 0 unspecified atom stereocenters. The van der Waals surface area contributed by atoms with Crippen molar-refractivity contribution in [2.75, 3.05) is 32.1 Å². The second-order valence-corrected chi connectivity index (χ2v) is 11.7. The van der Waals surface area contributed by atoms with Crippen LogP contribution in [0.15, 0.2) is 143 Å². The second kappa shape index (κ2) is 15.7. The molecule has 50 heavy (non-hydrogen) atoms. The van der Waals surface area contributed by atoms with Gasteiger partial charge in [0.25, 0.3) is 5.91 Å². The second-order valence-electron chi connectivity index (χ2n) is 10.7. The van der Waals surface area contributed by atoms with Crippen molar-refractivity contribution in [3.8, 4) is 28.4 Å². The van der Waals surface area contributed by atoms with Gasteiger partial charge in [-0.1, -0.05) is 60.3 Å². The Morgan fingerprint density at radius 3 is 1.96 bits per heavy atom. The Morgan fingerprint density at radius 1 is 0.720 bits per heavy atom. The van der Waals surface area contributed by atoms with E-state index in [4.69, 9.17) is 24.4 Å². The highest BCUT2D eigenvalue weighted by Gasteiger charge is 2.31. The highest BCUT2D eigenvalue weighted by molar-refractivity contribution is 8.14. The number of carbonyl (C=O) groups is 2. The number of hydrogen-bond donors (Lipinski definition) is 2. The van der Waals surface area contributed by atoms with E-state index in [1.165, 1.54) is 23.6 Å². The van der Waals surface area contributed by atoms with Gasteiger partial charge in [0.05, 0.1) is 38.4 Å². The number of thioether (sulfide) groups is 1. The standard InChI is InChI=1S/C39H33N5O5S/c1-47-30-22-18-26(19-23-30)35-34(39(46)49-3)36(44(43-35)29-14-8-5-9-15-29)37(45)40-32-16-10-11-17-33(32)50-38(27-20-24-31(48-2)25-21-27)42-41-28-12-6-4-7-13-28/h4-25,41H,1-3H3,(H,40,45). The Labute approximate surface area is 293 Å². The van der Waals surface area contributed by atoms with Crippen molar-refractivity contribution in [2.45, 2.75) is 4.90 Å². The Hall–Kier alpha value is -6.33. The SMILES string of the molecule is COC(=O)c1c(-c2ccc(OC)cc2)nn(-c2ccccc2)c1C(=O)Nc1ccccc1SC(=NNc1ccccc1)c1ccc(OC)cc1. The molecule has 0 saturated carbocycles. The van der Waals surface area contributed by atoms with Crippen LogP contribution in [0.1, 0.15) is 26.4 Å². The molecule has 1 heterocycles. The van der Waals surface area contributed by atoms with Gasteiger partial charge in [0.2, 0.25) is 0 Å². The van der Waals surface area contributed by atoms with Gasteiger partial charge in [-0.15, -0.1) is 0 Å². The van der Waals surface area contributed by atoms with Crippen LogP contribution in [0.2, 0.25) is 0 Å². The average molecular weight is 684 g/mol. The summed E-state index contributed by atoms with van der Waals surface area (Å²) in [5.74, 6) is 0.0957. The number of para-hydroxylation sites is 3. The van der Waals surface area contributed by atoms with Gasteiger partial charge >= 0.3 is 5.97 Å². The summed E-state index contributed by atoms with van der Waals surface area (Å²) in [5, 5.41) is 13.2. The number of rotatable bonds is 11. The lowest BCUT2D eigenvalue weighted by molar-refractivity contribution is 0.0598. The molecular weight excluding hydrogens is 651 g/mol. The molecule has 2 N–H and O–H groups in total. The van der Waals surface area contributed by atoms with E-state index in [2.05, 4.69) is 10.7 Å². The molecule has 0 atom stereocenters. The fraction of sp³-hybridized carbons (Fsp3) is 0.0769. The monoisotopic (exact) mass is 683 g/mol. The number of nitrogens with one attached hydrogen (secondary N) is 2. The van der Waals surface area contributed by atoms with Crippen molar-refractivity contribution in [1.29, 1.82) is 0 Å². The number of benzene rings is 5. The van der Waals surface area contributed by atoms with Gasteiger partial charge < -0.3 is 19.5 Å². The largest absolute Gasteiger partial charge is 0.497 e. The van der Waals surface area contributed by atoms with Crippen LogP contribution in [-0.2, 0) is 4.74 Å². The van der Waals surface area contributed by atoms with Crippen LogP contribution in [0.5, 0.6) is 11.5 Å². The molecule has 0 radical (unpaired) electrons. The van der Waals surface area contributed by atoms with Gasteiger partial charge in [0.15, 0.2) is 0 Å². The predicted molar refractivity (Wildman–Crippen MR) is 197 cm³/mol. The summed E-state index contributed by atoms with van der Waals surface area (Å²) in [4.78, 5) is 28.6. The molecule has 0 aliphatic heterocycles. The topological polar surface area (TPSA) is 116 Å². The van der Waals surface area contributed by atoms with Gasteiger partial charge in [-0.3, -0.25) is 10.2 Å². The smallest absolute Gasteiger partial charge is 0.342 e. The maximum absolute atomic E-state index is 14.4. The van der Waals surface area contributed by atoms with Crippen LogP contribution >= 0.6 is 11.8 Å². The number of esters is 1. The summed E-state index contributed by atoms with van der Waals surface area (Å²) in [7, 11) is 4.46. The maximum atomic E-state index is 14.4. The van der Waals surface area contributed by atoms with Crippen LogP contribution in [-0.4, -0.2) is 48.0 Å². The summed E-state index contributed by atoms with van der Waals surface area (Å²) >= 11 is 1.37. The molecule has 0 spiro atoms. The maximum Gasteiger partial charge on any atom is 0.342 e. The minimum atomic E-state index is -0.702. The van der Waals surface area contributed by atoms with E-state index in [1.54, 1.807) is 44.6 Å². The Morgan fingerprint density at radius 2 is 1.32 bits per heavy atom. The highest BCUT2D eigenvalue weighted by atomic mass is 32.2. The number of amides is 1. The summed E-state index contributed by atoms with van der Waals surface area (Å²) < 4.78 is 17.4. The van der Waals surface area contributed by atoms with Crippen LogP contribution in [0.4, 0.5) is 11.4 Å². The molecule has 0 saturated heterocycles. The molecule has 0 aliphatic carbocycles. The molecule has 11 heteroatoms. The molecule has 6 rings (SSSR count). The zero-order valence-corrected chi connectivity index (χ0v) is 28.3. The van der Waals surface area contributed by atoms with Crippen molar-refractivity contribution in [3.63, 3.8) is 0 Å². The van der Waals surface area contributed by atoms with E-state index >= 15 is 0 Å². The predicted octanol–water partition coefficient (Wildman–Crippen LogP) is 8.16. The lowest BCUT2D eigenvalue weighted by Crippen LogP contribution is -2.21. The van der Waals surface area contributed by atoms with E-state index in [9.17, 15) is 9.59 Å². The molecule has 1 amide bonds. The quantitative estimate of drug-likeness (QED) is 0.0462. The van der Waals surface area contributed by atoms with Crippen molar-refractivity contribution >= 4 is 40.1 Å². The molecule has 0 fully saturated rings. The first-order valence-corrected chi connectivity index (χ1v) is 16.3. The normalized spacial score (nSPS) is 11.1. The van der Waals surface area contributed by atoms with E-state index in [0.717, 1.165) is 11.3 Å². The van der Waals surface area contributed by atoms with Crippen molar-refractivity contribution in [3.05, 3.63) is 150 Å². The van der Waals surface area contributed by atoms with E-state index < -0.39 is 11.9 Å². The first kappa shape index (κ1) is 33.6. The summed E-state index contributed by atoms with van der Waals surface area (Å²) in [6, 6.07) is 40.8. The third-order valence-electron chi connectivity index (χ3n) is 7.59. The molecule has 0 bridgehead atoms. The molecule has 0 aliphatic rings. The molecule has 10 nitrogen and oxygen atoms in total. The van der Waals surface area contributed by atoms with Crippen molar-refractivity contribution in [1.82, 2.24) is 9.78 Å². The lowest BCUT2D eigenvalue weighted by Gasteiger charge is -2.14. The summed E-state index contributed by atoms with van der Waals surface area (Å²) in [5.41, 5.74) is 6.82. The molecule has 250 valence electrons. The summed E-state index contributed by atoms with van der Waals surface area (Å²) in [6.45, 7) is 0. The zero-order chi connectivity index (χ0) is 34.9. The average Bonchev–Trinajstić information content (AvgIpc) is 3.58. The molecule has 5 aromatic carbocycles. The van der Waals surface area contributed by atoms with Crippen LogP contribution < -0.4 is 20.2 Å². The van der Waals surface area contributed by atoms with Crippen LogP contribution in [0.25, 0.3) is 16.9 Å². The van der Waals surface area contributed by atoms with Gasteiger partial charge in [0, 0.05) is 16.0 Å². The number of anilines is 2. The number of hydrazone groups is 1. The van der Waals surface area contributed by atoms with Crippen molar-refractivity contribution in [2.24, 2.45) is 5.10 Å². The van der Waals surface area contributed by atoms with Gasteiger partial charge in [0.1, 0.15) is 33.5 Å². The summed E-state index contributed by atoms with van der Waals surface area (Å²) in [6.07, 6.45) is 0. The Kier molecular flexibility index (Phi) is 10.5. The number of nitrogens with zero attached hydrogens (tertiary/aromatic N) is 3. The van der Waals surface area contributed by atoms with Crippen LogP contribution in [0, 0.1) is 0 Å². The fourth-order valence-corrected chi connectivity index (χ4v) is 6.01. The van der Waals surface area contributed by atoms with Gasteiger partial charge in [-0.05, 0) is 84.9 Å². The van der Waals surface area contributed by atoms with Crippen LogP contribution in [0.3, 0.4) is 0 Å². The minimum absolute atomic E-state index is 0.0171. The van der Waals surface area contributed by atoms with Gasteiger partial charge in [-0.2, -0.15) is 10.2 Å². The zero-order valence-electron chi connectivity index (χ0n) is 27.5. The molecule has 1 aromatic heterocycles. The van der Waals surface area contributed by atoms with Gasteiger partial charge in [-0.25, -0.2) is 9.48 Å².